The molecule has 3 aromatic carbocycles. The maximum Gasteiger partial charge on any atom is 0.305 e. The largest absolute Gasteiger partial charge is 0.469 e. The van der Waals surface area contributed by atoms with Gasteiger partial charge in [0.15, 0.2) is 0 Å². The number of halogens is 1. The molecule has 2 aromatic heterocycles. The molecule has 5 aromatic rings. The minimum absolute atomic E-state index is 0.195. The van der Waals surface area contributed by atoms with E-state index in [0.717, 1.165) is 50.2 Å². The lowest BCUT2D eigenvalue weighted by Gasteiger charge is -2.13. The molecule has 0 spiro atoms. The molecule has 184 valence electrons. The van der Waals surface area contributed by atoms with Gasteiger partial charge in [0.05, 0.1) is 18.3 Å². The summed E-state index contributed by atoms with van der Waals surface area (Å²) in [5.74, 6) is -0.195. The molecule has 0 aliphatic rings. The van der Waals surface area contributed by atoms with Crippen LogP contribution in [0.15, 0.2) is 89.1 Å². The number of methoxy groups -OCH3 is 1. The summed E-state index contributed by atoms with van der Waals surface area (Å²) in [5.41, 5.74) is 6.28. The Kier molecular flexibility index (Phi) is 7.66. The Hall–Kier alpha value is -3.50. The van der Waals surface area contributed by atoms with E-state index < -0.39 is 0 Å². The van der Waals surface area contributed by atoms with Gasteiger partial charge >= 0.3 is 5.97 Å². The van der Waals surface area contributed by atoms with E-state index in [9.17, 15) is 10.1 Å². The summed E-state index contributed by atoms with van der Waals surface area (Å²) in [6.07, 6.45) is 1.87. The number of hydrogen-bond acceptors (Lipinski definition) is 5. The molecule has 0 N–H and O–H groups in total. The van der Waals surface area contributed by atoms with E-state index in [-0.39, 0.29) is 5.97 Å². The lowest BCUT2D eigenvalue weighted by atomic mass is 9.97. The highest BCUT2D eigenvalue weighted by Crippen LogP contribution is 2.46. The smallest absolute Gasteiger partial charge is 0.305 e. The number of aryl methyl sites for hydroxylation is 1. The molecular formula is C30H23ClN2O2S2. The normalized spacial score (nSPS) is 10.9. The molecule has 0 aliphatic carbocycles. The van der Waals surface area contributed by atoms with Gasteiger partial charge in [-0.2, -0.15) is 5.26 Å². The zero-order chi connectivity index (χ0) is 25.8. The van der Waals surface area contributed by atoms with Gasteiger partial charge in [0.2, 0.25) is 0 Å². The molecule has 2 heterocycles. The molecule has 0 saturated heterocycles. The average molecular weight is 543 g/mol. The predicted molar refractivity (Wildman–Crippen MR) is 153 cm³/mol. The van der Waals surface area contributed by atoms with Crippen LogP contribution < -0.4 is 0 Å². The number of para-hydroxylation sites is 1. The molecule has 7 heteroatoms. The van der Waals surface area contributed by atoms with Crippen LogP contribution in [0.3, 0.4) is 0 Å². The van der Waals surface area contributed by atoms with Crippen LogP contribution in [0, 0.1) is 11.3 Å². The number of rotatable bonds is 8. The Labute approximate surface area is 229 Å². The molecule has 0 radical (unpaired) electrons. The minimum atomic E-state index is -0.195. The van der Waals surface area contributed by atoms with Crippen molar-refractivity contribution in [2.45, 2.75) is 24.2 Å². The highest BCUT2D eigenvalue weighted by Gasteiger charge is 2.23. The maximum atomic E-state index is 11.6. The Morgan fingerprint density at radius 1 is 1.08 bits per heavy atom. The van der Waals surface area contributed by atoms with Crippen molar-refractivity contribution in [1.82, 2.24) is 3.97 Å². The number of carbonyl (C=O) groups excluding carboxylic acids is 1. The first-order chi connectivity index (χ1) is 18.1. The lowest BCUT2D eigenvalue weighted by Crippen LogP contribution is -2.00. The van der Waals surface area contributed by atoms with Crippen LogP contribution in [0.2, 0.25) is 5.02 Å². The number of nitriles is 1. The van der Waals surface area contributed by atoms with Gasteiger partial charge < -0.3 is 4.74 Å². The average Bonchev–Trinajstić information content (AvgIpc) is 3.52. The van der Waals surface area contributed by atoms with Crippen molar-refractivity contribution in [2.24, 2.45) is 0 Å². The summed E-state index contributed by atoms with van der Waals surface area (Å²) in [7, 11) is 1.42. The number of aromatic nitrogens is 1. The molecule has 0 atom stereocenters. The summed E-state index contributed by atoms with van der Waals surface area (Å²) in [5, 5.41) is 13.6. The van der Waals surface area contributed by atoms with Crippen molar-refractivity contribution in [2.75, 3.05) is 7.11 Å². The number of benzene rings is 3. The standard InChI is InChI=1S/C30H23ClN2O2S2/c1-35-28(34)11-5-7-20-6-4-8-21(18-20)30-29(25-16-17-36-27(25)19-32)24-9-2-3-10-26(24)33(30)37-23-14-12-22(31)13-15-23/h2-4,6,8-10,12-18H,5,7,11H2,1H3. The van der Waals surface area contributed by atoms with Crippen molar-refractivity contribution >= 4 is 51.8 Å². The number of ether oxygens (including phenoxy) is 1. The van der Waals surface area contributed by atoms with Gasteiger partial charge in [0.1, 0.15) is 10.9 Å². The molecule has 0 aliphatic heterocycles. The Balaban J connectivity index is 1.70. The van der Waals surface area contributed by atoms with E-state index in [1.165, 1.54) is 18.4 Å². The number of fused-ring (bicyclic) bond motifs is 1. The minimum Gasteiger partial charge on any atom is -0.469 e. The Bertz CT molecular complexity index is 1610. The molecule has 4 nitrogen and oxygen atoms in total. The summed E-state index contributed by atoms with van der Waals surface area (Å²) < 4.78 is 7.05. The van der Waals surface area contributed by atoms with Gasteiger partial charge in [-0.15, -0.1) is 11.3 Å². The molecular weight excluding hydrogens is 520 g/mol. The van der Waals surface area contributed by atoms with Crippen molar-refractivity contribution < 1.29 is 9.53 Å². The third kappa shape index (κ3) is 5.30. The summed E-state index contributed by atoms with van der Waals surface area (Å²) in [6, 6.07) is 29.0. The summed E-state index contributed by atoms with van der Waals surface area (Å²) in [4.78, 5) is 13.3. The predicted octanol–water partition coefficient (Wildman–Crippen LogP) is 8.61. The van der Waals surface area contributed by atoms with Crippen LogP contribution in [-0.2, 0) is 16.0 Å². The molecule has 0 unspecified atom stereocenters. The van der Waals surface area contributed by atoms with Crippen molar-refractivity contribution in [3.05, 3.63) is 99.7 Å². The van der Waals surface area contributed by atoms with E-state index in [4.69, 9.17) is 16.3 Å². The van der Waals surface area contributed by atoms with E-state index in [1.54, 1.807) is 11.9 Å². The highest BCUT2D eigenvalue weighted by atomic mass is 35.5. The number of esters is 1. The van der Waals surface area contributed by atoms with Crippen LogP contribution in [-0.4, -0.2) is 17.1 Å². The van der Waals surface area contributed by atoms with Crippen molar-refractivity contribution in [3.8, 4) is 28.5 Å². The number of carbonyl (C=O) groups is 1. The quantitative estimate of drug-likeness (QED) is 0.184. The second kappa shape index (κ2) is 11.3. The first-order valence-electron chi connectivity index (χ1n) is 11.8. The fraction of sp³-hybridized carbons (Fsp3) is 0.133. The zero-order valence-corrected chi connectivity index (χ0v) is 22.5. The second-order valence-corrected chi connectivity index (χ2v) is 10.9. The highest BCUT2D eigenvalue weighted by molar-refractivity contribution is 7.98. The molecule has 5 rings (SSSR count). The van der Waals surface area contributed by atoms with Gasteiger partial charge in [0, 0.05) is 38.4 Å². The van der Waals surface area contributed by atoms with Crippen LogP contribution in [0.25, 0.3) is 33.3 Å². The summed E-state index contributed by atoms with van der Waals surface area (Å²) >= 11 is 9.24. The number of thiophene rings is 1. The first-order valence-corrected chi connectivity index (χ1v) is 13.8. The van der Waals surface area contributed by atoms with E-state index in [2.05, 4.69) is 46.4 Å². The van der Waals surface area contributed by atoms with Gasteiger partial charge in [-0.3, -0.25) is 8.77 Å². The van der Waals surface area contributed by atoms with Crippen LogP contribution in [0.1, 0.15) is 23.3 Å². The first kappa shape index (κ1) is 25.2. The Morgan fingerprint density at radius 3 is 2.68 bits per heavy atom. The van der Waals surface area contributed by atoms with Gasteiger partial charge in [-0.1, -0.05) is 48.0 Å². The second-order valence-electron chi connectivity index (χ2n) is 8.49. The van der Waals surface area contributed by atoms with E-state index in [1.807, 2.05) is 47.8 Å². The number of hydrogen-bond donors (Lipinski definition) is 0. The zero-order valence-electron chi connectivity index (χ0n) is 20.1. The molecule has 0 bridgehead atoms. The van der Waals surface area contributed by atoms with Crippen molar-refractivity contribution in [1.29, 1.82) is 5.26 Å². The fourth-order valence-corrected chi connectivity index (χ4v) is 6.28. The van der Waals surface area contributed by atoms with Crippen LogP contribution >= 0.6 is 34.9 Å². The van der Waals surface area contributed by atoms with Gasteiger partial charge in [-0.05, 0) is 78.2 Å². The monoisotopic (exact) mass is 542 g/mol. The molecule has 37 heavy (non-hydrogen) atoms. The van der Waals surface area contributed by atoms with Crippen LogP contribution in [0.4, 0.5) is 0 Å². The Morgan fingerprint density at radius 2 is 1.89 bits per heavy atom. The van der Waals surface area contributed by atoms with E-state index >= 15 is 0 Å². The van der Waals surface area contributed by atoms with E-state index in [0.29, 0.717) is 22.7 Å². The third-order valence-electron chi connectivity index (χ3n) is 6.15. The van der Waals surface area contributed by atoms with Crippen molar-refractivity contribution in [3.63, 3.8) is 0 Å². The van der Waals surface area contributed by atoms with Gasteiger partial charge in [-0.25, -0.2) is 0 Å². The summed E-state index contributed by atoms with van der Waals surface area (Å²) in [6.45, 7) is 0. The molecule has 0 fully saturated rings. The molecule has 0 amide bonds. The number of nitrogens with zero attached hydrogens (tertiary/aromatic N) is 2. The SMILES string of the molecule is COC(=O)CCCc1cccc(-c2c(-c3ccsc3C#N)c3ccccc3n2Sc2ccc(Cl)cc2)c1. The molecule has 0 saturated carbocycles. The van der Waals surface area contributed by atoms with Gasteiger partial charge in [0.25, 0.3) is 0 Å². The topological polar surface area (TPSA) is 55.0 Å². The maximum absolute atomic E-state index is 11.6. The van der Waals surface area contributed by atoms with Crippen LogP contribution in [0.5, 0.6) is 0 Å². The fourth-order valence-electron chi connectivity index (χ4n) is 4.45. The lowest BCUT2D eigenvalue weighted by molar-refractivity contribution is -0.140. The third-order valence-corrected chi connectivity index (χ3v) is 8.27.